The molecule has 1 heterocycles. The van der Waals surface area contributed by atoms with E-state index in [-0.39, 0.29) is 29.1 Å². The zero-order chi connectivity index (χ0) is 16.8. The highest BCUT2D eigenvalue weighted by atomic mass is 19.3. The van der Waals surface area contributed by atoms with Crippen LogP contribution in [0.5, 0.6) is 11.5 Å². The minimum absolute atomic E-state index is 0.0901. The highest BCUT2D eigenvalue weighted by Gasteiger charge is 2.19. The van der Waals surface area contributed by atoms with Crippen molar-refractivity contribution < 1.29 is 27.8 Å². The fourth-order valence-electron chi connectivity index (χ4n) is 2.30. The Hall–Kier alpha value is -1.93. The van der Waals surface area contributed by atoms with Gasteiger partial charge in [0.2, 0.25) is 0 Å². The van der Waals surface area contributed by atoms with Gasteiger partial charge in [-0.15, -0.1) is 0 Å². The number of amides is 1. The van der Waals surface area contributed by atoms with Gasteiger partial charge >= 0.3 is 6.61 Å². The summed E-state index contributed by atoms with van der Waals surface area (Å²) in [5.74, 6) is -0.425. The molecular weight excluding hydrogens is 310 g/mol. The van der Waals surface area contributed by atoms with Crippen LogP contribution in [0, 0.1) is 0 Å². The van der Waals surface area contributed by atoms with E-state index < -0.39 is 6.61 Å². The van der Waals surface area contributed by atoms with Gasteiger partial charge in [-0.25, -0.2) is 0 Å². The molecule has 0 aliphatic carbocycles. The Morgan fingerprint density at radius 1 is 1.48 bits per heavy atom. The third-order valence-corrected chi connectivity index (χ3v) is 3.47. The van der Waals surface area contributed by atoms with E-state index in [1.54, 1.807) is 0 Å². The molecule has 1 aromatic carbocycles. The van der Waals surface area contributed by atoms with Crippen molar-refractivity contribution in [3.63, 3.8) is 0 Å². The molecule has 6 nitrogen and oxygen atoms in total. The van der Waals surface area contributed by atoms with E-state index in [0.29, 0.717) is 13.2 Å². The summed E-state index contributed by atoms with van der Waals surface area (Å²) in [6.45, 7) is -0.445. The Morgan fingerprint density at radius 3 is 2.91 bits per heavy atom. The Bertz CT molecular complexity index is 542. The number of ether oxygens (including phenoxy) is 3. The molecule has 1 aliphatic rings. The van der Waals surface area contributed by atoms with Crippen LogP contribution in [0.1, 0.15) is 10.4 Å². The van der Waals surface area contributed by atoms with E-state index >= 15 is 0 Å². The van der Waals surface area contributed by atoms with Gasteiger partial charge in [0.25, 0.3) is 5.91 Å². The van der Waals surface area contributed by atoms with Gasteiger partial charge in [0.15, 0.2) is 11.5 Å². The highest BCUT2D eigenvalue weighted by molar-refractivity contribution is 5.94. The van der Waals surface area contributed by atoms with Crippen LogP contribution in [-0.4, -0.2) is 63.9 Å². The lowest BCUT2D eigenvalue weighted by molar-refractivity contribution is -0.0512. The zero-order valence-corrected chi connectivity index (χ0v) is 13.1. The highest BCUT2D eigenvalue weighted by Crippen LogP contribution is 2.29. The average molecular weight is 330 g/mol. The van der Waals surface area contributed by atoms with E-state index in [1.165, 1.54) is 25.3 Å². The monoisotopic (exact) mass is 330 g/mol. The summed E-state index contributed by atoms with van der Waals surface area (Å²) in [6.07, 6.45) is -0.0901. The van der Waals surface area contributed by atoms with E-state index in [0.717, 1.165) is 13.1 Å². The molecule has 1 atom stereocenters. The minimum atomic E-state index is -2.99. The molecule has 1 saturated heterocycles. The molecule has 1 amide bonds. The molecule has 0 unspecified atom stereocenters. The van der Waals surface area contributed by atoms with Gasteiger partial charge in [-0.05, 0) is 25.2 Å². The smallest absolute Gasteiger partial charge is 0.387 e. The quantitative estimate of drug-likeness (QED) is 0.853. The van der Waals surface area contributed by atoms with Crippen molar-refractivity contribution in [1.29, 1.82) is 0 Å². The third-order valence-electron chi connectivity index (χ3n) is 3.47. The summed E-state index contributed by atoms with van der Waals surface area (Å²) in [4.78, 5) is 14.3. The Morgan fingerprint density at radius 2 is 2.26 bits per heavy atom. The largest absolute Gasteiger partial charge is 0.493 e. The first-order chi connectivity index (χ1) is 11.0. The predicted molar refractivity (Wildman–Crippen MR) is 79.2 cm³/mol. The average Bonchev–Trinajstić information content (AvgIpc) is 2.52. The van der Waals surface area contributed by atoms with Crippen LogP contribution in [0.2, 0.25) is 0 Å². The van der Waals surface area contributed by atoms with Crippen LogP contribution < -0.4 is 14.8 Å². The van der Waals surface area contributed by atoms with Crippen molar-refractivity contribution in [2.45, 2.75) is 12.7 Å². The summed E-state index contributed by atoms with van der Waals surface area (Å²) >= 11 is 0. The van der Waals surface area contributed by atoms with Crippen molar-refractivity contribution in [2.24, 2.45) is 0 Å². The van der Waals surface area contributed by atoms with Crippen LogP contribution in [0.4, 0.5) is 8.78 Å². The SMILES string of the molecule is COc1ccc(C(=O)NC[C@H]2CN(C)CCO2)cc1OC(F)F. The van der Waals surface area contributed by atoms with Gasteiger partial charge in [0, 0.05) is 25.2 Å². The molecule has 0 radical (unpaired) electrons. The van der Waals surface area contributed by atoms with Crippen molar-refractivity contribution in [3.8, 4) is 11.5 Å². The van der Waals surface area contributed by atoms with Crippen molar-refractivity contribution >= 4 is 5.91 Å². The maximum Gasteiger partial charge on any atom is 0.387 e. The number of likely N-dealkylation sites (N-methyl/N-ethyl adjacent to an activating group) is 1. The molecule has 1 aliphatic heterocycles. The fourth-order valence-corrected chi connectivity index (χ4v) is 2.30. The van der Waals surface area contributed by atoms with Gasteiger partial charge in [0.05, 0.1) is 19.8 Å². The van der Waals surface area contributed by atoms with Crippen molar-refractivity contribution in [3.05, 3.63) is 23.8 Å². The zero-order valence-electron chi connectivity index (χ0n) is 13.1. The van der Waals surface area contributed by atoms with Crippen molar-refractivity contribution in [1.82, 2.24) is 10.2 Å². The summed E-state index contributed by atoms with van der Waals surface area (Å²) in [6, 6.07) is 4.13. The number of rotatable bonds is 6. The maximum atomic E-state index is 12.4. The van der Waals surface area contributed by atoms with Crippen LogP contribution >= 0.6 is 0 Å². The van der Waals surface area contributed by atoms with E-state index in [1.807, 2.05) is 7.05 Å². The molecular formula is C15H20F2N2O4. The number of nitrogens with zero attached hydrogens (tertiary/aromatic N) is 1. The molecule has 23 heavy (non-hydrogen) atoms. The fraction of sp³-hybridized carbons (Fsp3) is 0.533. The summed E-state index contributed by atoms with van der Waals surface area (Å²) in [5, 5.41) is 2.73. The molecule has 0 bridgehead atoms. The molecule has 1 fully saturated rings. The number of methoxy groups -OCH3 is 1. The molecule has 1 aromatic rings. The molecule has 0 aromatic heterocycles. The lowest BCUT2D eigenvalue weighted by Crippen LogP contribution is -2.45. The van der Waals surface area contributed by atoms with Gasteiger partial charge in [-0.1, -0.05) is 0 Å². The molecule has 128 valence electrons. The van der Waals surface area contributed by atoms with Gasteiger partial charge in [-0.2, -0.15) is 8.78 Å². The first-order valence-electron chi connectivity index (χ1n) is 7.20. The number of carbonyl (C=O) groups is 1. The van der Waals surface area contributed by atoms with E-state index in [2.05, 4.69) is 15.0 Å². The van der Waals surface area contributed by atoms with Gasteiger partial charge in [-0.3, -0.25) is 4.79 Å². The molecule has 1 N–H and O–H groups in total. The Balaban J connectivity index is 1.98. The maximum absolute atomic E-state index is 12.4. The van der Waals surface area contributed by atoms with E-state index in [4.69, 9.17) is 9.47 Å². The standard InChI is InChI=1S/C15H20F2N2O4/c1-19-5-6-22-11(9-19)8-18-14(20)10-3-4-12(21-2)13(7-10)23-15(16)17/h3-4,7,11,15H,5-6,8-9H2,1-2H3,(H,18,20)/t11-/m0/s1. The number of alkyl halides is 2. The molecule has 8 heteroatoms. The first-order valence-corrected chi connectivity index (χ1v) is 7.20. The number of nitrogens with one attached hydrogen (secondary N) is 1. The molecule has 0 spiro atoms. The third kappa shape index (κ3) is 5.04. The number of morpholine rings is 1. The van der Waals surface area contributed by atoms with Crippen LogP contribution in [-0.2, 0) is 4.74 Å². The van der Waals surface area contributed by atoms with Crippen LogP contribution in [0.3, 0.4) is 0 Å². The van der Waals surface area contributed by atoms with Crippen molar-refractivity contribution in [2.75, 3.05) is 40.4 Å². The Labute approximate surface area is 133 Å². The number of halogens is 2. The lowest BCUT2D eigenvalue weighted by atomic mass is 10.2. The summed E-state index contributed by atoms with van der Waals surface area (Å²) in [7, 11) is 3.32. The predicted octanol–water partition coefficient (Wildman–Crippen LogP) is 1.36. The number of carbonyl (C=O) groups excluding carboxylic acids is 1. The summed E-state index contributed by atoms with van der Waals surface area (Å²) in [5.41, 5.74) is 0.214. The number of benzene rings is 1. The second-order valence-electron chi connectivity index (χ2n) is 5.21. The number of hydrogen-bond acceptors (Lipinski definition) is 5. The van der Waals surface area contributed by atoms with Crippen LogP contribution in [0.15, 0.2) is 18.2 Å². The second-order valence-corrected chi connectivity index (χ2v) is 5.21. The van der Waals surface area contributed by atoms with E-state index in [9.17, 15) is 13.6 Å². The molecule has 2 rings (SSSR count). The van der Waals surface area contributed by atoms with Gasteiger partial charge in [0.1, 0.15) is 0 Å². The number of hydrogen-bond donors (Lipinski definition) is 1. The lowest BCUT2D eigenvalue weighted by Gasteiger charge is -2.30. The second kappa shape index (κ2) is 8.07. The first kappa shape index (κ1) is 17.4. The summed E-state index contributed by atoms with van der Waals surface area (Å²) < 4.78 is 39.6. The van der Waals surface area contributed by atoms with Gasteiger partial charge < -0.3 is 24.4 Å². The normalized spacial score (nSPS) is 18.7. The Kier molecular flexibility index (Phi) is 6.12. The van der Waals surface area contributed by atoms with Crippen LogP contribution in [0.25, 0.3) is 0 Å². The minimum Gasteiger partial charge on any atom is -0.493 e. The topological polar surface area (TPSA) is 60.0 Å². The molecule has 0 saturated carbocycles.